The third kappa shape index (κ3) is 2.99. The largest absolute Gasteiger partial charge is 0.493 e. The van der Waals surface area contributed by atoms with Gasteiger partial charge in [-0.25, -0.2) is 0 Å². The first-order valence-corrected chi connectivity index (χ1v) is 12.2. The quantitative estimate of drug-likeness (QED) is 0.601. The lowest BCUT2D eigenvalue weighted by Gasteiger charge is -2.51. The van der Waals surface area contributed by atoms with E-state index in [4.69, 9.17) is 28.4 Å². The van der Waals surface area contributed by atoms with Crippen molar-refractivity contribution >= 4 is 5.97 Å². The van der Waals surface area contributed by atoms with E-state index in [2.05, 4.69) is 0 Å². The summed E-state index contributed by atoms with van der Waals surface area (Å²) in [5.74, 6) is 0.0289. The molecule has 9 nitrogen and oxygen atoms in total. The van der Waals surface area contributed by atoms with Gasteiger partial charge in [-0.1, -0.05) is 12.8 Å². The Morgan fingerprint density at radius 1 is 0.889 bits per heavy atom. The maximum atomic E-state index is 13.3. The van der Waals surface area contributed by atoms with E-state index in [-0.39, 0.29) is 13.4 Å². The minimum absolute atomic E-state index is 0.0110. The summed E-state index contributed by atoms with van der Waals surface area (Å²) in [6, 6.07) is 7.21. The smallest absolute Gasteiger partial charge is 0.310 e. The van der Waals surface area contributed by atoms with Gasteiger partial charge in [-0.05, 0) is 53.8 Å². The van der Waals surface area contributed by atoms with Crippen LogP contribution < -0.4 is 23.7 Å². The number of benzene rings is 2. The number of fused-ring (bicyclic) bond motifs is 3. The zero-order chi connectivity index (χ0) is 25.2. The van der Waals surface area contributed by atoms with Crippen LogP contribution >= 0.6 is 0 Å². The number of cyclic esters (lactones) is 1. The van der Waals surface area contributed by atoms with E-state index in [1.807, 2.05) is 18.2 Å². The molecule has 4 aliphatic rings. The molecule has 6 rings (SSSR count). The van der Waals surface area contributed by atoms with Gasteiger partial charge in [0.05, 0.1) is 39.5 Å². The maximum Gasteiger partial charge on any atom is 0.310 e. The number of hydrogen-bond donors (Lipinski definition) is 2. The van der Waals surface area contributed by atoms with Gasteiger partial charge in [0.25, 0.3) is 0 Å². The van der Waals surface area contributed by atoms with Crippen molar-refractivity contribution in [3.8, 4) is 28.7 Å². The fourth-order valence-electron chi connectivity index (χ4n) is 6.83. The van der Waals surface area contributed by atoms with Crippen LogP contribution in [0.3, 0.4) is 0 Å². The van der Waals surface area contributed by atoms with E-state index in [0.717, 1.165) is 18.4 Å². The number of carbonyl (C=O) groups is 1. The molecule has 2 heterocycles. The zero-order valence-electron chi connectivity index (χ0n) is 20.5. The summed E-state index contributed by atoms with van der Waals surface area (Å²) in [6.07, 6.45) is 2.45. The van der Waals surface area contributed by atoms with Crippen LogP contribution in [0.5, 0.6) is 28.7 Å². The topological polar surface area (TPSA) is 113 Å². The molecule has 0 bridgehead atoms. The third-order valence-corrected chi connectivity index (χ3v) is 8.48. The Hall–Kier alpha value is -3.17. The number of carbonyl (C=O) groups excluding carboxylic acids is 1. The number of esters is 1. The highest BCUT2D eigenvalue weighted by Crippen LogP contribution is 2.62. The minimum Gasteiger partial charge on any atom is -0.493 e. The summed E-state index contributed by atoms with van der Waals surface area (Å²) in [5, 5.41) is 24.4. The molecule has 192 valence electrons. The standard InChI is InChI=1S/C27H30O9/c1-31-20-8-14(9-21(32-2)24(20)33-3)22-15-10-18-19(36-13-35-18)11-16(15)27(30,26(29)6-4-5-7-26)17-12-34-25(28)23(17)22/h8-11,17,22-23,29-30H,4-7,12-13H2,1-3H3/t17-,22+,23-,27-/m0/s1. The first-order valence-electron chi connectivity index (χ1n) is 12.2. The Balaban J connectivity index is 1.64. The molecule has 36 heavy (non-hydrogen) atoms. The van der Waals surface area contributed by atoms with Crippen LogP contribution in [0.4, 0.5) is 0 Å². The summed E-state index contributed by atoms with van der Waals surface area (Å²) in [6.45, 7) is 0.0712. The SMILES string of the molecule is COc1cc([C@@H]2c3cc4c(cc3[C@@](O)(C3(O)CCCC3)[C@H]3COC(=O)[C@H]23)OCO4)cc(OC)c1OC. The normalized spacial score (nSPS) is 29.4. The van der Waals surface area contributed by atoms with E-state index < -0.39 is 34.9 Å². The highest BCUT2D eigenvalue weighted by molar-refractivity contribution is 5.79. The Kier molecular flexibility index (Phi) is 5.28. The maximum absolute atomic E-state index is 13.3. The second-order valence-corrected chi connectivity index (χ2v) is 10.00. The van der Waals surface area contributed by atoms with E-state index in [1.54, 1.807) is 6.07 Å². The van der Waals surface area contributed by atoms with Crippen LogP contribution in [-0.4, -0.2) is 56.5 Å². The molecule has 2 aromatic rings. The summed E-state index contributed by atoms with van der Waals surface area (Å²) in [4.78, 5) is 13.3. The molecule has 2 aromatic carbocycles. The van der Waals surface area contributed by atoms with Crippen LogP contribution in [0.25, 0.3) is 0 Å². The zero-order valence-corrected chi connectivity index (χ0v) is 20.5. The van der Waals surface area contributed by atoms with Gasteiger partial charge in [0.1, 0.15) is 5.60 Å². The van der Waals surface area contributed by atoms with Crippen molar-refractivity contribution in [2.24, 2.45) is 11.8 Å². The van der Waals surface area contributed by atoms with E-state index in [9.17, 15) is 15.0 Å². The minimum atomic E-state index is -1.70. The highest BCUT2D eigenvalue weighted by Gasteiger charge is 2.66. The molecule has 2 N–H and O–H groups in total. The van der Waals surface area contributed by atoms with Crippen LogP contribution in [-0.2, 0) is 15.1 Å². The lowest BCUT2D eigenvalue weighted by atomic mass is 9.55. The molecule has 2 aliphatic carbocycles. The molecule has 0 aromatic heterocycles. The van der Waals surface area contributed by atoms with Gasteiger partial charge in [-0.15, -0.1) is 0 Å². The number of aliphatic hydroxyl groups is 2. The molecule has 1 saturated heterocycles. The van der Waals surface area contributed by atoms with Crippen LogP contribution in [0.1, 0.15) is 48.3 Å². The van der Waals surface area contributed by atoms with E-state index >= 15 is 0 Å². The third-order valence-electron chi connectivity index (χ3n) is 8.48. The van der Waals surface area contributed by atoms with Gasteiger partial charge in [0.2, 0.25) is 12.5 Å². The van der Waals surface area contributed by atoms with Crippen molar-refractivity contribution in [1.29, 1.82) is 0 Å². The molecule has 2 aliphatic heterocycles. The Labute approximate surface area is 208 Å². The van der Waals surface area contributed by atoms with Gasteiger partial charge in [0.15, 0.2) is 23.0 Å². The molecular weight excluding hydrogens is 468 g/mol. The van der Waals surface area contributed by atoms with Crippen molar-refractivity contribution in [3.63, 3.8) is 0 Å². The Morgan fingerprint density at radius 2 is 1.53 bits per heavy atom. The van der Waals surface area contributed by atoms with Gasteiger partial charge < -0.3 is 38.6 Å². The average molecular weight is 499 g/mol. The van der Waals surface area contributed by atoms with Crippen molar-refractivity contribution in [1.82, 2.24) is 0 Å². The van der Waals surface area contributed by atoms with Crippen LogP contribution in [0.15, 0.2) is 24.3 Å². The molecular formula is C27H30O9. The predicted molar refractivity (Wildman–Crippen MR) is 126 cm³/mol. The van der Waals surface area contributed by atoms with Crippen molar-refractivity contribution < 1.29 is 43.4 Å². The lowest BCUT2D eigenvalue weighted by molar-refractivity contribution is -0.198. The fraction of sp³-hybridized carbons (Fsp3) is 0.519. The monoisotopic (exact) mass is 498 g/mol. The predicted octanol–water partition coefficient (Wildman–Crippen LogP) is 2.87. The number of hydrogen-bond acceptors (Lipinski definition) is 9. The Bertz CT molecular complexity index is 1190. The van der Waals surface area contributed by atoms with Gasteiger partial charge in [0, 0.05) is 11.8 Å². The van der Waals surface area contributed by atoms with Gasteiger partial charge >= 0.3 is 5.97 Å². The summed E-state index contributed by atoms with van der Waals surface area (Å²) in [7, 11) is 4.60. The van der Waals surface area contributed by atoms with E-state index in [1.165, 1.54) is 21.3 Å². The average Bonchev–Trinajstić information content (AvgIpc) is 3.63. The van der Waals surface area contributed by atoms with Gasteiger partial charge in [-0.3, -0.25) is 4.79 Å². The van der Waals surface area contributed by atoms with Crippen molar-refractivity contribution in [3.05, 3.63) is 41.0 Å². The number of ether oxygens (including phenoxy) is 6. The van der Waals surface area contributed by atoms with Crippen molar-refractivity contribution in [2.45, 2.75) is 42.8 Å². The molecule has 0 radical (unpaired) electrons. The second-order valence-electron chi connectivity index (χ2n) is 10.00. The highest BCUT2D eigenvalue weighted by atomic mass is 16.7. The molecule has 9 heteroatoms. The first kappa shape index (κ1) is 23.2. The second kappa shape index (κ2) is 8.18. The summed E-state index contributed by atoms with van der Waals surface area (Å²) < 4.78 is 33.6. The number of methoxy groups -OCH3 is 3. The molecule has 0 unspecified atom stereocenters. The first-order chi connectivity index (χ1) is 17.4. The van der Waals surface area contributed by atoms with Crippen LogP contribution in [0, 0.1) is 11.8 Å². The Morgan fingerprint density at radius 3 is 2.14 bits per heavy atom. The fourth-order valence-corrected chi connectivity index (χ4v) is 6.83. The summed E-state index contributed by atoms with van der Waals surface area (Å²) >= 11 is 0. The van der Waals surface area contributed by atoms with Crippen LogP contribution in [0.2, 0.25) is 0 Å². The van der Waals surface area contributed by atoms with E-state index in [0.29, 0.717) is 52.7 Å². The molecule has 1 saturated carbocycles. The molecule has 2 fully saturated rings. The number of rotatable bonds is 5. The lowest BCUT2D eigenvalue weighted by Crippen LogP contribution is -2.60. The molecule has 0 amide bonds. The summed E-state index contributed by atoms with van der Waals surface area (Å²) in [5.41, 5.74) is -1.15. The molecule has 4 atom stereocenters. The molecule has 0 spiro atoms. The van der Waals surface area contributed by atoms with Crippen molar-refractivity contribution in [2.75, 3.05) is 34.7 Å². The van der Waals surface area contributed by atoms with Gasteiger partial charge in [-0.2, -0.15) is 0 Å².